The third kappa shape index (κ3) is 5.04. The molecule has 1 aromatic rings. The summed E-state index contributed by atoms with van der Waals surface area (Å²) in [5.41, 5.74) is 0.863. The van der Waals surface area contributed by atoms with Gasteiger partial charge in [-0.05, 0) is 43.7 Å². The van der Waals surface area contributed by atoms with E-state index in [1.165, 1.54) is 0 Å². The largest absolute Gasteiger partial charge is 0.381 e. The van der Waals surface area contributed by atoms with Crippen LogP contribution in [0.5, 0.6) is 0 Å². The third-order valence-electron chi connectivity index (χ3n) is 5.52. The number of amides is 2. The molecule has 2 saturated heterocycles. The number of hydrogen-bond acceptors (Lipinski definition) is 4. The Morgan fingerprint density at radius 3 is 2.85 bits per heavy atom. The van der Waals surface area contributed by atoms with E-state index >= 15 is 0 Å². The highest BCUT2D eigenvalue weighted by atomic mass is 16.5. The number of rotatable bonds is 6. The Balaban J connectivity index is 1.50. The van der Waals surface area contributed by atoms with Crippen molar-refractivity contribution >= 4 is 11.8 Å². The molecule has 2 aliphatic rings. The molecule has 3 rings (SSSR count). The molecule has 0 saturated carbocycles. The molecule has 6 nitrogen and oxygen atoms in total. The van der Waals surface area contributed by atoms with E-state index in [1.54, 1.807) is 11.1 Å². The van der Waals surface area contributed by atoms with Gasteiger partial charge in [0.1, 0.15) is 0 Å². The first-order valence-electron chi connectivity index (χ1n) is 9.64. The highest BCUT2D eigenvalue weighted by Gasteiger charge is 2.32. The van der Waals surface area contributed by atoms with Crippen LogP contribution in [-0.4, -0.2) is 59.9 Å². The third-order valence-corrected chi connectivity index (χ3v) is 5.52. The van der Waals surface area contributed by atoms with E-state index in [1.807, 2.05) is 30.1 Å². The van der Waals surface area contributed by atoms with Crippen LogP contribution in [0.1, 0.15) is 37.8 Å². The van der Waals surface area contributed by atoms with Crippen LogP contribution in [0, 0.1) is 11.8 Å². The predicted octanol–water partition coefficient (Wildman–Crippen LogP) is 2.10. The van der Waals surface area contributed by atoms with Crippen molar-refractivity contribution in [2.24, 2.45) is 11.8 Å². The standard InChI is InChI=1S/C20H29N3O3/c1-22(11-7-16-8-12-26-13-9-16)20(25)17-5-6-19(24)23(14-17)15-18-4-2-3-10-21-18/h2-4,10,16-17H,5-9,11-15H2,1H3/t17-/m0/s1. The lowest BCUT2D eigenvalue weighted by atomic mass is 9.94. The van der Waals surface area contributed by atoms with Crippen molar-refractivity contribution < 1.29 is 14.3 Å². The Bertz CT molecular complexity index is 602. The molecule has 142 valence electrons. The summed E-state index contributed by atoms with van der Waals surface area (Å²) in [6, 6.07) is 5.70. The van der Waals surface area contributed by atoms with Crippen molar-refractivity contribution in [1.82, 2.24) is 14.8 Å². The number of aromatic nitrogens is 1. The number of likely N-dealkylation sites (tertiary alicyclic amines) is 1. The molecule has 1 atom stereocenters. The number of pyridine rings is 1. The second kappa shape index (κ2) is 9.12. The van der Waals surface area contributed by atoms with Gasteiger partial charge in [0, 0.05) is 46.0 Å². The quantitative estimate of drug-likeness (QED) is 0.780. The fourth-order valence-corrected chi connectivity index (χ4v) is 3.79. The fourth-order valence-electron chi connectivity index (χ4n) is 3.79. The Morgan fingerprint density at radius 1 is 1.31 bits per heavy atom. The Kier molecular flexibility index (Phi) is 6.61. The zero-order chi connectivity index (χ0) is 18.4. The zero-order valence-electron chi connectivity index (χ0n) is 15.6. The fraction of sp³-hybridized carbons (Fsp3) is 0.650. The minimum absolute atomic E-state index is 0.101. The summed E-state index contributed by atoms with van der Waals surface area (Å²) < 4.78 is 5.40. The topological polar surface area (TPSA) is 62.7 Å². The van der Waals surface area contributed by atoms with Crippen LogP contribution in [0.2, 0.25) is 0 Å². The van der Waals surface area contributed by atoms with E-state index in [0.717, 1.165) is 44.7 Å². The average Bonchev–Trinajstić information content (AvgIpc) is 2.69. The highest BCUT2D eigenvalue weighted by Crippen LogP contribution is 2.23. The molecule has 6 heteroatoms. The molecule has 1 aromatic heterocycles. The first-order valence-corrected chi connectivity index (χ1v) is 9.64. The van der Waals surface area contributed by atoms with Crippen LogP contribution in [0.4, 0.5) is 0 Å². The smallest absolute Gasteiger partial charge is 0.227 e. The maximum absolute atomic E-state index is 12.8. The first kappa shape index (κ1) is 18.8. The van der Waals surface area contributed by atoms with Crippen molar-refractivity contribution in [2.75, 3.05) is 33.4 Å². The molecule has 2 amide bonds. The van der Waals surface area contributed by atoms with Crippen LogP contribution in [-0.2, 0) is 20.9 Å². The molecule has 26 heavy (non-hydrogen) atoms. The lowest BCUT2D eigenvalue weighted by Crippen LogP contribution is -2.46. The monoisotopic (exact) mass is 359 g/mol. The molecule has 2 aliphatic heterocycles. The Hall–Kier alpha value is -1.95. The van der Waals surface area contributed by atoms with Gasteiger partial charge in [-0.15, -0.1) is 0 Å². The van der Waals surface area contributed by atoms with Gasteiger partial charge in [-0.2, -0.15) is 0 Å². The van der Waals surface area contributed by atoms with Crippen molar-refractivity contribution in [3.05, 3.63) is 30.1 Å². The summed E-state index contributed by atoms with van der Waals surface area (Å²) in [5, 5.41) is 0. The molecular formula is C20H29N3O3. The highest BCUT2D eigenvalue weighted by molar-refractivity contribution is 5.83. The van der Waals surface area contributed by atoms with Crippen molar-refractivity contribution in [3.8, 4) is 0 Å². The summed E-state index contributed by atoms with van der Waals surface area (Å²) in [7, 11) is 1.89. The second-order valence-corrected chi connectivity index (χ2v) is 7.44. The Labute approximate surface area is 155 Å². The van der Waals surface area contributed by atoms with Crippen LogP contribution in [0.3, 0.4) is 0 Å². The molecule has 2 fully saturated rings. The van der Waals surface area contributed by atoms with Gasteiger partial charge >= 0.3 is 0 Å². The number of hydrogen-bond donors (Lipinski definition) is 0. The van der Waals surface area contributed by atoms with Gasteiger partial charge in [0.15, 0.2) is 0 Å². The number of piperidine rings is 1. The van der Waals surface area contributed by atoms with Gasteiger partial charge in [-0.3, -0.25) is 14.6 Å². The van der Waals surface area contributed by atoms with E-state index in [-0.39, 0.29) is 17.7 Å². The second-order valence-electron chi connectivity index (χ2n) is 7.44. The van der Waals surface area contributed by atoms with E-state index < -0.39 is 0 Å². The lowest BCUT2D eigenvalue weighted by Gasteiger charge is -2.34. The molecule has 0 radical (unpaired) electrons. The molecule has 0 aromatic carbocycles. The van der Waals surface area contributed by atoms with Gasteiger partial charge in [-0.25, -0.2) is 0 Å². The maximum Gasteiger partial charge on any atom is 0.227 e. The van der Waals surface area contributed by atoms with Gasteiger partial charge in [0.05, 0.1) is 18.2 Å². The summed E-state index contributed by atoms with van der Waals surface area (Å²) in [5.74, 6) is 0.837. The van der Waals surface area contributed by atoms with Crippen LogP contribution < -0.4 is 0 Å². The van der Waals surface area contributed by atoms with Gasteiger partial charge in [0.25, 0.3) is 0 Å². The summed E-state index contributed by atoms with van der Waals surface area (Å²) >= 11 is 0. The molecule has 0 unspecified atom stereocenters. The molecule has 0 N–H and O–H groups in total. The molecular weight excluding hydrogens is 330 g/mol. The molecule has 3 heterocycles. The minimum atomic E-state index is -0.101. The van der Waals surface area contributed by atoms with Crippen molar-refractivity contribution in [3.63, 3.8) is 0 Å². The van der Waals surface area contributed by atoms with Crippen LogP contribution in [0.25, 0.3) is 0 Å². The van der Waals surface area contributed by atoms with E-state index in [4.69, 9.17) is 4.74 Å². The van der Waals surface area contributed by atoms with Gasteiger partial charge < -0.3 is 14.5 Å². The maximum atomic E-state index is 12.8. The Morgan fingerprint density at radius 2 is 2.12 bits per heavy atom. The normalized spacial score (nSPS) is 21.7. The summed E-state index contributed by atoms with van der Waals surface area (Å²) in [6.45, 7) is 3.45. The van der Waals surface area contributed by atoms with Crippen LogP contribution >= 0.6 is 0 Å². The zero-order valence-corrected chi connectivity index (χ0v) is 15.6. The van der Waals surface area contributed by atoms with Gasteiger partial charge in [-0.1, -0.05) is 6.07 Å². The number of nitrogens with zero attached hydrogens (tertiary/aromatic N) is 3. The van der Waals surface area contributed by atoms with E-state index in [2.05, 4.69) is 4.98 Å². The minimum Gasteiger partial charge on any atom is -0.381 e. The van der Waals surface area contributed by atoms with E-state index in [9.17, 15) is 9.59 Å². The molecule has 0 spiro atoms. The number of carbonyl (C=O) groups excluding carboxylic acids is 2. The lowest BCUT2D eigenvalue weighted by molar-refractivity contribution is -0.143. The van der Waals surface area contributed by atoms with Gasteiger partial charge in [0.2, 0.25) is 11.8 Å². The molecule has 0 bridgehead atoms. The molecule has 0 aliphatic carbocycles. The SMILES string of the molecule is CN(CCC1CCOCC1)C(=O)[C@H]1CCC(=O)N(Cc2ccccn2)C1. The van der Waals surface area contributed by atoms with E-state index in [0.29, 0.717) is 31.8 Å². The number of carbonyl (C=O) groups is 2. The summed E-state index contributed by atoms with van der Waals surface area (Å²) in [4.78, 5) is 33.0. The van der Waals surface area contributed by atoms with Crippen LogP contribution in [0.15, 0.2) is 24.4 Å². The summed E-state index contributed by atoms with van der Waals surface area (Å²) in [6.07, 6.45) is 6.05. The first-order chi connectivity index (χ1) is 12.6. The van der Waals surface area contributed by atoms with Crippen molar-refractivity contribution in [2.45, 2.75) is 38.6 Å². The average molecular weight is 359 g/mol. The van der Waals surface area contributed by atoms with Crippen molar-refractivity contribution in [1.29, 1.82) is 0 Å². The predicted molar refractivity (Wildman–Crippen MR) is 98.2 cm³/mol. The number of ether oxygens (including phenoxy) is 1.